The van der Waals surface area contributed by atoms with Crippen molar-refractivity contribution in [1.82, 2.24) is 0 Å². The Morgan fingerprint density at radius 2 is 2.25 bits per heavy atom. The molecular formula is C16H13NO3. The van der Waals surface area contributed by atoms with Gasteiger partial charge in [0.2, 0.25) is 0 Å². The van der Waals surface area contributed by atoms with E-state index in [4.69, 9.17) is 9.47 Å². The molecule has 1 atom stereocenters. The molecule has 1 aromatic carbocycles. The van der Waals surface area contributed by atoms with E-state index in [1.54, 1.807) is 19.3 Å². The van der Waals surface area contributed by atoms with Crippen molar-refractivity contribution in [3.63, 3.8) is 0 Å². The Morgan fingerprint density at radius 3 is 3.10 bits per heavy atom. The second kappa shape index (κ2) is 5.17. The number of fused-ring (bicyclic) bond motifs is 1. The molecule has 1 aliphatic heterocycles. The molecule has 20 heavy (non-hydrogen) atoms. The van der Waals surface area contributed by atoms with Gasteiger partial charge in [-0.2, -0.15) is 0 Å². The van der Waals surface area contributed by atoms with Crippen LogP contribution in [0.2, 0.25) is 0 Å². The van der Waals surface area contributed by atoms with Crippen LogP contribution >= 0.6 is 0 Å². The minimum absolute atomic E-state index is 0.243. The van der Waals surface area contributed by atoms with Gasteiger partial charge in [0.05, 0.1) is 12.8 Å². The lowest BCUT2D eigenvalue weighted by Gasteiger charge is -2.22. The first-order valence-electron chi connectivity index (χ1n) is 6.26. The molecule has 1 unspecified atom stereocenters. The van der Waals surface area contributed by atoms with Crippen LogP contribution in [0.25, 0.3) is 6.08 Å². The summed E-state index contributed by atoms with van der Waals surface area (Å²) < 4.78 is 10.8. The van der Waals surface area contributed by atoms with Crippen molar-refractivity contribution in [3.8, 4) is 5.75 Å². The molecule has 1 heterocycles. The van der Waals surface area contributed by atoms with Crippen molar-refractivity contribution in [1.29, 1.82) is 0 Å². The first-order chi connectivity index (χ1) is 9.76. The second-order valence-electron chi connectivity index (χ2n) is 4.41. The highest BCUT2D eigenvalue weighted by molar-refractivity contribution is 6.13. The fraction of sp³-hybridized carbons (Fsp3) is 0.125. The Kier molecular flexibility index (Phi) is 3.21. The molecule has 1 amide bonds. The lowest BCUT2D eigenvalue weighted by molar-refractivity contribution is -0.118. The fourth-order valence-electron chi connectivity index (χ4n) is 2.05. The molecule has 4 nitrogen and oxygen atoms in total. The molecule has 0 aromatic heterocycles. The lowest BCUT2D eigenvalue weighted by atomic mass is 10.1. The predicted octanol–water partition coefficient (Wildman–Crippen LogP) is 2.53. The van der Waals surface area contributed by atoms with Crippen LogP contribution < -0.4 is 4.74 Å². The van der Waals surface area contributed by atoms with E-state index in [-0.39, 0.29) is 17.8 Å². The lowest BCUT2D eigenvalue weighted by Crippen LogP contribution is -2.29. The summed E-state index contributed by atoms with van der Waals surface area (Å²) in [4.78, 5) is 16.0. The first-order valence-corrected chi connectivity index (χ1v) is 6.26. The SMILES string of the molecule is COc1cccc(/C=C2\OC3C=CC=CC3=NC2=O)c1. The highest BCUT2D eigenvalue weighted by atomic mass is 16.5. The number of methoxy groups -OCH3 is 1. The summed E-state index contributed by atoms with van der Waals surface area (Å²) in [5.74, 6) is 0.610. The number of hydrogen-bond donors (Lipinski definition) is 0. The number of allylic oxidation sites excluding steroid dienone is 2. The predicted molar refractivity (Wildman–Crippen MR) is 76.6 cm³/mol. The average Bonchev–Trinajstić information content (AvgIpc) is 2.48. The summed E-state index contributed by atoms with van der Waals surface area (Å²) in [5.41, 5.74) is 1.47. The zero-order valence-corrected chi connectivity index (χ0v) is 10.9. The smallest absolute Gasteiger partial charge is 0.312 e. The van der Waals surface area contributed by atoms with E-state index < -0.39 is 0 Å². The molecule has 0 N–H and O–H groups in total. The van der Waals surface area contributed by atoms with Crippen LogP contribution in [0.3, 0.4) is 0 Å². The number of aliphatic imine (C=N–C) groups is 1. The van der Waals surface area contributed by atoms with Gasteiger partial charge in [-0.25, -0.2) is 4.99 Å². The van der Waals surface area contributed by atoms with Crippen molar-refractivity contribution in [2.75, 3.05) is 7.11 Å². The molecule has 2 aliphatic rings. The quantitative estimate of drug-likeness (QED) is 0.774. The topological polar surface area (TPSA) is 47.9 Å². The van der Waals surface area contributed by atoms with Gasteiger partial charge in [0.1, 0.15) is 5.75 Å². The number of amides is 1. The van der Waals surface area contributed by atoms with Gasteiger partial charge in [0.25, 0.3) is 0 Å². The molecule has 4 heteroatoms. The molecule has 0 saturated carbocycles. The van der Waals surface area contributed by atoms with Gasteiger partial charge in [-0.3, -0.25) is 4.79 Å². The van der Waals surface area contributed by atoms with Gasteiger partial charge in [-0.05, 0) is 35.9 Å². The molecule has 0 saturated heterocycles. The number of carbonyl (C=O) groups is 1. The zero-order chi connectivity index (χ0) is 13.9. The third-order valence-electron chi connectivity index (χ3n) is 3.04. The molecule has 1 aliphatic carbocycles. The minimum atomic E-state index is -0.362. The minimum Gasteiger partial charge on any atom is -0.497 e. The Bertz CT molecular complexity index is 668. The number of carbonyl (C=O) groups excluding carboxylic acids is 1. The van der Waals surface area contributed by atoms with Crippen LogP contribution in [0.5, 0.6) is 5.75 Å². The standard InChI is InChI=1S/C16H13NO3/c1-19-12-6-4-5-11(9-12)10-15-16(18)17-13-7-2-3-8-14(13)20-15/h2-10,14H,1H3/b15-10-. The highest BCUT2D eigenvalue weighted by Crippen LogP contribution is 2.22. The monoisotopic (exact) mass is 267 g/mol. The summed E-state index contributed by atoms with van der Waals surface area (Å²) >= 11 is 0. The van der Waals surface area contributed by atoms with Crippen LogP contribution in [-0.2, 0) is 9.53 Å². The van der Waals surface area contributed by atoms with Gasteiger partial charge in [-0.15, -0.1) is 0 Å². The number of nitrogens with zero attached hydrogens (tertiary/aromatic N) is 1. The van der Waals surface area contributed by atoms with Gasteiger partial charge < -0.3 is 9.47 Å². The molecule has 0 spiro atoms. The second-order valence-corrected chi connectivity index (χ2v) is 4.41. The zero-order valence-electron chi connectivity index (χ0n) is 10.9. The van der Waals surface area contributed by atoms with E-state index in [0.717, 1.165) is 11.3 Å². The Hall–Kier alpha value is -2.62. The number of ether oxygens (including phenoxy) is 2. The summed E-state index contributed by atoms with van der Waals surface area (Å²) in [6, 6.07) is 7.41. The number of hydrogen-bond acceptors (Lipinski definition) is 3. The third kappa shape index (κ3) is 2.40. The molecule has 100 valence electrons. The summed E-state index contributed by atoms with van der Waals surface area (Å²) in [5, 5.41) is 0. The van der Waals surface area contributed by atoms with Gasteiger partial charge >= 0.3 is 5.91 Å². The molecule has 0 fully saturated rings. The van der Waals surface area contributed by atoms with Gasteiger partial charge in [0, 0.05) is 0 Å². The van der Waals surface area contributed by atoms with Gasteiger partial charge in [-0.1, -0.05) is 24.3 Å². The van der Waals surface area contributed by atoms with E-state index in [0.29, 0.717) is 5.71 Å². The third-order valence-corrected chi connectivity index (χ3v) is 3.04. The maximum atomic E-state index is 11.9. The number of rotatable bonds is 2. The summed E-state index contributed by atoms with van der Waals surface area (Å²) in [6.45, 7) is 0. The average molecular weight is 267 g/mol. The molecular weight excluding hydrogens is 254 g/mol. The normalized spacial score (nSPS) is 22.2. The van der Waals surface area contributed by atoms with Crippen molar-refractivity contribution in [2.24, 2.45) is 4.99 Å². The van der Waals surface area contributed by atoms with Crippen molar-refractivity contribution in [3.05, 3.63) is 59.9 Å². The van der Waals surface area contributed by atoms with Crippen LogP contribution in [0.4, 0.5) is 0 Å². The van der Waals surface area contributed by atoms with Crippen LogP contribution in [0.15, 0.2) is 59.3 Å². The largest absolute Gasteiger partial charge is 0.497 e. The Balaban J connectivity index is 1.92. The Labute approximate surface area is 116 Å². The van der Waals surface area contributed by atoms with Crippen molar-refractivity contribution >= 4 is 17.7 Å². The van der Waals surface area contributed by atoms with Crippen molar-refractivity contribution in [2.45, 2.75) is 6.10 Å². The summed E-state index contributed by atoms with van der Waals surface area (Å²) in [6.07, 6.45) is 8.76. The van der Waals surface area contributed by atoms with E-state index in [9.17, 15) is 4.79 Å². The summed E-state index contributed by atoms with van der Waals surface area (Å²) in [7, 11) is 1.60. The van der Waals surface area contributed by atoms with E-state index >= 15 is 0 Å². The molecule has 3 rings (SSSR count). The molecule has 0 bridgehead atoms. The van der Waals surface area contributed by atoms with E-state index in [1.807, 2.05) is 42.5 Å². The first kappa shape index (κ1) is 12.4. The maximum Gasteiger partial charge on any atom is 0.312 e. The maximum absolute atomic E-state index is 11.9. The van der Waals surface area contributed by atoms with Gasteiger partial charge in [0.15, 0.2) is 11.9 Å². The molecule has 0 radical (unpaired) electrons. The van der Waals surface area contributed by atoms with Crippen LogP contribution in [-0.4, -0.2) is 24.8 Å². The van der Waals surface area contributed by atoms with E-state index in [1.165, 1.54) is 0 Å². The Morgan fingerprint density at radius 1 is 1.35 bits per heavy atom. The van der Waals surface area contributed by atoms with Crippen LogP contribution in [0, 0.1) is 0 Å². The number of benzene rings is 1. The fourth-order valence-corrected chi connectivity index (χ4v) is 2.05. The van der Waals surface area contributed by atoms with E-state index in [2.05, 4.69) is 4.99 Å². The highest BCUT2D eigenvalue weighted by Gasteiger charge is 2.26. The molecule has 1 aromatic rings. The van der Waals surface area contributed by atoms with Crippen LogP contribution in [0.1, 0.15) is 5.56 Å². The van der Waals surface area contributed by atoms with Crippen molar-refractivity contribution < 1.29 is 14.3 Å².